The third-order valence-electron chi connectivity index (χ3n) is 5.54. The van der Waals surface area contributed by atoms with Gasteiger partial charge in [-0.2, -0.15) is 0 Å². The van der Waals surface area contributed by atoms with Crippen molar-refractivity contribution >= 4 is 28.7 Å². The molecule has 0 amide bonds. The van der Waals surface area contributed by atoms with Crippen molar-refractivity contribution in [3.8, 4) is 22.5 Å². The summed E-state index contributed by atoms with van der Waals surface area (Å²) < 4.78 is 14.0. The van der Waals surface area contributed by atoms with Crippen LogP contribution in [0.25, 0.3) is 28.2 Å². The fraction of sp³-hybridized carbons (Fsp3) is 0.0741. The van der Waals surface area contributed by atoms with Crippen molar-refractivity contribution < 1.29 is 4.39 Å². The molecule has 2 heterocycles. The lowest BCUT2D eigenvalue weighted by atomic mass is 10.00. The fourth-order valence-electron chi connectivity index (χ4n) is 3.91. The first-order valence-electron chi connectivity index (χ1n) is 10.4. The van der Waals surface area contributed by atoms with Crippen LogP contribution in [0, 0.1) is 5.82 Å². The van der Waals surface area contributed by atoms with Crippen LogP contribution >= 0.6 is 11.6 Å². The highest BCUT2D eigenvalue weighted by molar-refractivity contribution is 6.33. The molecule has 3 nitrogen and oxygen atoms in total. The third-order valence-corrected chi connectivity index (χ3v) is 5.87. The number of rotatable bonds is 4. The number of hydrogen-bond donors (Lipinski definition) is 2. The summed E-state index contributed by atoms with van der Waals surface area (Å²) in [6.07, 6.45) is 0. The Bertz CT molecular complexity index is 1330. The Hall–Kier alpha value is -3.63. The minimum absolute atomic E-state index is 0.268. The lowest BCUT2D eigenvalue weighted by Gasteiger charge is -2.25. The molecule has 4 aromatic rings. The molecule has 1 aliphatic heterocycles. The Kier molecular flexibility index (Phi) is 5.38. The number of nitrogens with zero attached hydrogens (tertiary/aromatic N) is 1. The maximum Gasteiger partial charge on any atom is 0.124 e. The van der Waals surface area contributed by atoms with Crippen LogP contribution in [0.2, 0.25) is 5.02 Å². The highest BCUT2D eigenvalue weighted by atomic mass is 35.5. The Morgan fingerprint density at radius 2 is 1.62 bits per heavy atom. The molecule has 0 spiro atoms. The number of anilines is 2. The van der Waals surface area contributed by atoms with E-state index < -0.39 is 0 Å². The number of halogens is 2. The highest BCUT2D eigenvalue weighted by Crippen LogP contribution is 2.35. The van der Waals surface area contributed by atoms with Crippen LogP contribution in [-0.2, 0) is 0 Å². The average Bonchev–Trinajstić information content (AvgIpc) is 2.82. The second kappa shape index (κ2) is 8.48. The second-order valence-electron chi connectivity index (χ2n) is 7.80. The summed E-state index contributed by atoms with van der Waals surface area (Å²) >= 11 is 6.49. The molecule has 0 fully saturated rings. The van der Waals surface area contributed by atoms with Crippen molar-refractivity contribution in [1.82, 2.24) is 4.98 Å². The van der Waals surface area contributed by atoms with Gasteiger partial charge >= 0.3 is 0 Å². The van der Waals surface area contributed by atoms with Crippen LogP contribution in [0.3, 0.4) is 0 Å². The molecule has 0 radical (unpaired) electrons. The summed E-state index contributed by atoms with van der Waals surface area (Å²) in [5.74, 6) is -0.268. The second-order valence-corrected chi connectivity index (χ2v) is 8.20. The van der Waals surface area contributed by atoms with Crippen LogP contribution in [0.5, 0.6) is 0 Å². The molecule has 0 saturated carbocycles. The van der Waals surface area contributed by atoms with E-state index in [0.29, 0.717) is 11.6 Å². The maximum atomic E-state index is 14.0. The molecule has 5 rings (SSSR count). The number of fused-ring (bicyclic) bond motifs is 1. The summed E-state index contributed by atoms with van der Waals surface area (Å²) in [6, 6.07) is 26.5. The molecule has 1 aromatic heterocycles. The lowest BCUT2D eigenvalue weighted by molar-refractivity contribution is 0.627. The molecule has 0 unspecified atom stereocenters. The Morgan fingerprint density at radius 3 is 2.44 bits per heavy atom. The number of nitrogens with one attached hydrogen (secondary N) is 2. The first-order valence-corrected chi connectivity index (χ1v) is 10.8. The van der Waals surface area contributed by atoms with Crippen LogP contribution in [0.1, 0.15) is 12.5 Å². The standard InChI is InChI=1S/C27H21ClFN3/c1-17-16-30-24-12-11-19(29)13-22(24)27(17)31-20-14-25(18-7-3-2-4-8-18)32-26(15-20)21-9-5-6-10-23(21)28/h2-15,30H,16H2,1H3,(H,31,32). The van der Waals surface area contributed by atoms with Crippen LogP contribution in [0.15, 0.2) is 90.5 Å². The SMILES string of the molecule is CC1=C(Nc2cc(-c3ccccc3)nc(-c3ccccc3Cl)c2)c2cc(F)ccc2NC1. The van der Waals surface area contributed by atoms with Crippen molar-refractivity contribution in [2.45, 2.75) is 6.92 Å². The third kappa shape index (κ3) is 3.97. The molecule has 32 heavy (non-hydrogen) atoms. The van der Waals surface area contributed by atoms with Gasteiger partial charge in [-0.3, -0.25) is 0 Å². The van der Waals surface area contributed by atoms with E-state index in [1.165, 1.54) is 6.07 Å². The van der Waals surface area contributed by atoms with E-state index in [-0.39, 0.29) is 5.82 Å². The van der Waals surface area contributed by atoms with Crippen molar-refractivity contribution in [2.75, 3.05) is 17.2 Å². The van der Waals surface area contributed by atoms with E-state index in [2.05, 4.69) is 10.6 Å². The normalized spacial score (nSPS) is 12.8. The first kappa shape index (κ1) is 20.3. The molecule has 158 valence electrons. The average molecular weight is 442 g/mol. The largest absolute Gasteiger partial charge is 0.381 e. The Labute approximate surface area is 191 Å². The number of aromatic nitrogens is 1. The van der Waals surface area contributed by atoms with E-state index in [9.17, 15) is 4.39 Å². The van der Waals surface area contributed by atoms with Gasteiger partial charge < -0.3 is 10.6 Å². The summed E-state index contributed by atoms with van der Waals surface area (Å²) in [5.41, 5.74) is 8.04. The van der Waals surface area contributed by atoms with Crippen LogP contribution in [-0.4, -0.2) is 11.5 Å². The topological polar surface area (TPSA) is 37.0 Å². The summed E-state index contributed by atoms with van der Waals surface area (Å²) in [7, 11) is 0. The Morgan fingerprint density at radius 1 is 0.875 bits per heavy atom. The first-order chi connectivity index (χ1) is 15.6. The zero-order valence-electron chi connectivity index (χ0n) is 17.5. The predicted molar refractivity (Wildman–Crippen MR) is 131 cm³/mol. The van der Waals surface area contributed by atoms with Gasteiger partial charge in [-0.25, -0.2) is 9.37 Å². The van der Waals surface area contributed by atoms with Gasteiger partial charge in [0.05, 0.1) is 11.4 Å². The molecule has 0 aliphatic carbocycles. The van der Waals surface area contributed by atoms with Gasteiger partial charge in [0.2, 0.25) is 0 Å². The molecule has 1 aliphatic rings. The van der Waals surface area contributed by atoms with Gasteiger partial charge in [-0.15, -0.1) is 0 Å². The number of hydrogen-bond acceptors (Lipinski definition) is 3. The van der Waals surface area contributed by atoms with Crippen molar-refractivity contribution in [2.24, 2.45) is 0 Å². The van der Waals surface area contributed by atoms with Gasteiger partial charge in [0.15, 0.2) is 0 Å². The van der Waals surface area contributed by atoms with Crippen LogP contribution in [0.4, 0.5) is 15.8 Å². The molecule has 2 N–H and O–H groups in total. The van der Waals surface area contributed by atoms with E-state index in [0.717, 1.165) is 50.7 Å². The zero-order chi connectivity index (χ0) is 22.1. The van der Waals surface area contributed by atoms with E-state index in [1.807, 2.05) is 73.7 Å². The van der Waals surface area contributed by atoms with Crippen molar-refractivity contribution in [1.29, 1.82) is 0 Å². The quantitative estimate of drug-likeness (QED) is 0.344. The molecule has 0 bridgehead atoms. The lowest BCUT2D eigenvalue weighted by Crippen LogP contribution is -2.16. The maximum absolute atomic E-state index is 14.0. The molecule has 3 aromatic carbocycles. The van der Waals surface area contributed by atoms with Gasteiger partial charge in [0, 0.05) is 45.3 Å². The molecule has 0 saturated heterocycles. The number of pyridine rings is 1. The van der Waals surface area contributed by atoms with E-state index in [1.54, 1.807) is 12.1 Å². The fourth-order valence-corrected chi connectivity index (χ4v) is 4.14. The van der Waals surface area contributed by atoms with Gasteiger partial charge in [-0.05, 0) is 48.9 Å². The molecule has 5 heteroatoms. The Balaban J connectivity index is 1.64. The molecular formula is C27H21ClFN3. The summed E-state index contributed by atoms with van der Waals surface area (Å²) in [6.45, 7) is 2.73. The van der Waals surface area contributed by atoms with E-state index >= 15 is 0 Å². The number of benzene rings is 3. The summed E-state index contributed by atoms with van der Waals surface area (Å²) in [4.78, 5) is 4.89. The monoisotopic (exact) mass is 441 g/mol. The predicted octanol–water partition coefficient (Wildman–Crippen LogP) is 7.48. The smallest absolute Gasteiger partial charge is 0.124 e. The van der Waals surface area contributed by atoms with Crippen molar-refractivity contribution in [3.05, 3.63) is 107 Å². The summed E-state index contributed by atoms with van der Waals surface area (Å²) in [5, 5.41) is 7.53. The van der Waals surface area contributed by atoms with E-state index in [4.69, 9.17) is 16.6 Å². The van der Waals surface area contributed by atoms with Crippen molar-refractivity contribution in [3.63, 3.8) is 0 Å². The van der Waals surface area contributed by atoms with Gasteiger partial charge in [-0.1, -0.05) is 60.1 Å². The zero-order valence-corrected chi connectivity index (χ0v) is 18.2. The molecule has 0 atom stereocenters. The molecular weight excluding hydrogens is 421 g/mol. The highest BCUT2D eigenvalue weighted by Gasteiger charge is 2.18. The minimum Gasteiger partial charge on any atom is -0.381 e. The van der Waals surface area contributed by atoms with Gasteiger partial charge in [0.1, 0.15) is 5.82 Å². The van der Waals surface area contributed by atoms with Crippen LogP contribution < -0.4 is 10.6 Å². The minimum atomic E-state index is -0.268. The van der Waals surface area contributed by atoms with Gasteiger partial charge in [0.25, 0.3) is 0 Å².